The number of alkyl halides is 1. The van der Waals surface area contributed by atoms with Gasteiger partial charge in [-0.3, -0.25) is 9.78 Å². The van der Waals surface area contributed by atoms with Crippen LogP contribution in [0.4, 0.5) is 4.39 Å². The molecule has 7 nitrogen and oxygen atoms in total. The van der Waals surface area contributed by atoms with Crippen molar-refractivity contribution in [3.8, 4) is 22.9 Å². The van der Waals surface area contributed by atoms with Crippen LogP contribution in [-0.2, 0) is 6.67 Å². The Labute approximate surface area is 151 Å². The minimum absolute atomic E-state index is 0.274. The Hall–Kier alpha value is -3.68. The standard InChI is InChI=1S/C19H14FN3O4/c1-10-16(22-19(25)23-17(10)24)13-3-2-12(8-11(13)9-20)27-18-14-5-7-26-15(14)4-6-21-18/h2-8H,9H2,1H3,(H2,22,23,24,25). The van der Waals surface area contributed by atoms with Crippen LogP contribution in [0.25, 0.3) is 22.2 Å². The summed E-state index contributed by atoms with van der Waals surface area (Å²) in [6.45, 7) is 0.754. The smallest absolute Gasteiger partial charge is 0.326 e. The van der Waals surface area contributed by atoms with E-state index >= 15 is 0 Å². The molecule has 0 saturated heterocycles. The summed E-state index contributed by atoms with van der Waals surface area (Å²) in [6, 6.07) is 8.16. The molecular weight excluding hydrogens is 353 g/mol. The maximum atomic E-state index is 13.7. The molecule has 8 heteroatoms. The van der Waals surface area contributed by atoms with Crippen LogP contribution in [0, 0.1) is 6.92 Å². The highest BCUT2D eigenvalue weighted by atomic mass is 19.1. The number of pyridine rings is 1. The number of H-pyrrole nitrogens is 2. The lowest BCUT2D eigenvalue weighted by molar-refractivity contribution is 0.460. The topological polar surface area (TPSA) is 101 Å². The van der Waals surface area contributed by atoms with Crippen molar-refractivity contribution in [1.29, 1.82) is 0 Å². The van der Waals surface area contributed by atoms with Gasteiger partial charge in [0, 0.05) is 17.3 Å². The SMILES string of the molecule is Cc1c(-c2ccc(Oc3nccc4occc34)cc2CF)[nH]c(=O)[nH]c1=O. The molecule has 2 N–H and O–H groups in total. The van der Waals surface area contributed by atoms with Crippen molar-refractivity contribution < 1.29 is 13.5 Å². The average Bonchev–Trinajstić information content (AvgIpc) is 3.14. The molecule has 0 aliphatic heterocycles. The van der Waals surface area contributed by atoms with Crippen molar-refractivity contribution in [3.05, 3.63) is 74.8 Å². The fourth-order valence-corrected chi connectivity index (χ4v) is 2.87. The van der Waals surface area contributed by atoms with Gasteiger partial charge in [0.2, 0.25) is 5.88 Å². The number of aromatic amines is 2. The van der Waals surface area contributed by atoms with E-state index in [1.807, 2.05) is 0 Å². The van der Waals surface area contributed by atoms with Gasteiger partial charge in [-0.2, -0.15) is 0 Å². The van der Waals surface area contributed by atoms with Crippen LogP contribution >= 0.6 is 0 Å². The van der Waals surface area contributed by atoms with E-state index in [0.717, 1.165) is 0 Å². The minimum atomic E-state index is -0.801. The van der Waals surface area contributed by atoms with Crippen LogP contribution in [0.2, 0.25) is 0 Å². The normalized spacial score (nSPS) is 11.0. The van der Waals surface area contributed by atoms with E-state index in [1.165, 1.54) is 12.3 Å². The van der Waals surface area contributed by atoms with Gasteiger partial charge in [-0.15, -0.1) is 0 Å². The Bertz CT molecular complexity index is 1260. The van der Waals surface area contributed by atoms with Crippen molar-refractivity contribution in [1.82, 2.24) is 15.0 Å². The third kappa shape index (κ3) is 3.01. The van der Waals surface area contributed by atoms with Gasteiger partial charge in [-0.05, 0) is 42.8 Å². The van der Waals surface area contributed by atoms with Gasteiger partial charge in [-0.1, -0.05) is 0 Å². The highest BCUT2D eigenvalue weighted by Gasteiger charge is 2.14. The molecular formula is C19H14FN3O4. The van der Waals surface area contributed by atoms with E-state index in [0.29, 0.717) is 33.7 Å². The second-order valence-corrected chi connectivity index (χ2v) is 5.91. The molecule has 3 heterocycles. The maximum Gasteiger partial charge on any atom is 0.326 e. The molecule has 136 valence electrons. The minimum Gasteiger partial charge on any atom is -0.464 e. The van der Waals surface area contributed by atoms with Crippen LogP contribution in [0.5, 0.6) is 11.6 Å². The second kappa shape index (κ2) is 6.56. The van der Waals surface area contributed by atoms with Crippen LogP contribution in [0.3, 0.4) is 0 Å². The zero-order chi connectivity index (χ0) is 19.0. The van der Waals surface area contributed by atoms with E-state index in [-0.39, 0.29) is 11.3 Å². The molecule has 0 unspecified atom stereocenters. The van der Waals surface area contributed by atoms with Crippen molar-refractivity contribution >= 4 is 11.0 Å². The number of furan rings is 1. The Morgan fingerprint density at radius 2 is 2.04 bits per heavy atom. The van der Waals surface area contributed by atoms with Crippen LogP contribution in [0.1, 0.15) is 11.1 Å². The Morgan fingerprint density at radius 3 is 2.85 bits per heavy atom. The highest BCUT2D eigenvalue weighted by molar-refractivity contribution is 5.82. The molecule has 0 aliphatic carbocycles. The number of hydrogen-bond donors (Lipinski definition) is 2. The molecule has 1 aromatic carbocycles. The summed E-state index contributed by atoms with van der Waals surface area (Å²) in [4.78, 5) is 32.3. The number of nitrogens with one attached hydrogen (secondary N) is 2. The van der Waals surface area contributed by atoms with E-state index in [4.69, 9.17) is 9.15 Å². The molecule has 0 fully saturated rings. The van der Waals surface area contributed by atoms with Gasteiger partial charge >= 0.3 is 5.69 Å². The molecule has 0 atom stereocenters. The predicted octanol–water partition coefficient (Wildman–Crippen LogP) is 3.44. The van der Waals surface area contributed by atoms with Crippen LogP contribution < -0.4 is 16.0 Å². The van der Waals surface area contributed by atoms with Crippen LogP contribution in [0.15, 0.2) is 56.8 Å². The number of fused-ring (bicyclic) bond motifs is 1. The van der Waals surface area contributed by atoms with Gasteiger partial charge in [0.1, 0.15) is 18.0 Å². The first-order chi connectivity index (χ1) is 13.1. The summed E-state index contributed by atoms with van der Waals surface area (Å²) in [5.41, 5.74) is 0.715. The van der Waals surface area contributed by atoms with E-state index in [9.17, 15) is 14.0 Å². The summed E-state index contributed by atoms with van der Waals surface area (Å²) in [7, 11) is 0. The van der Waals surface area contributed by atoms with E-state index in [1.54, 1.807) is 37.4 Å². The predicted molar refractivity (Wildman–Crippen MR) is 96.8 cm³/mol. The molecule has 0 spiro atoms. The number of aromatic nitrogens is 3. The quantitative estimate of drug-likeness (QED) is 0.575. The molecule has 0 bridgehead atoms. The molecule has 0 aliphatic rings. The zero-order valence-corrected chi connectivity index (χ0v) is 14.2. The van der Waals surface area contributed by atoms with Gasteiger partial charge in [0.25, 0.3) is 5.56 Å². The first-order valence-electron chi connectivity index (χ1n) is 8.09. The highest BCUT2D eigenvalue weighted by Crippen LogP contribution is 2.32. The summed E-state index contributed by atoms with van der Waals surface area (Å²) in [6.07, 6.45) is 3.08. The summed E-state index contributed by atoms with van der Waals surface area (Å²) in [5, 5.41) is 0.693. The van der Waals surface area contributed by atoms with Crippen molar-refractivity contribution in [2.45, 2.75) is 13.6 Å². The lowest BCUT2D eigenvalue weighted by Crippen LogP contribution is -2.25. The molecule has 4 aromatic rings. The third-order valence-electron chi connectivity index (χ3n) is 4.23. The van der Waals surface area contributed by atoms with Crippen molar-refractivity contribution in [2.75, 3.05) is 0 Å². The van der Waals surface area contributed by atoms with Gasteiger partial charge in [-0.25, -0.2) is 14.2 Å². The Kier molecular flexibility index (Phi) is 4.08. The molecule has 3 aromatic heterocycles. The second-order valence-electron chi connectivity index (χ2n) is 5.91. The summed E-state index contributed by atoms with van der Waals surface area (Å²) >= 11 is 0. The molecule has 0 saturated carbocycles. The Morgan fingerprint density at radius 1 is 1.19 bits per heavy atom. The number of ether oxygens (including phenoxy) is 1. The van der Waals surface area contributed by atoms with E-state index in [2.05, 4.69) is 15.0 Å². The summed E-state index contributed by atoms with van der Waals surface area (Å²) in [5.74, 6) is 0.706. The lowest BCUT2D eigenvalue weighted by atomic mass is 10.0. The van der Waals surface area contributed by atoms with Gasteiger partial charge in [0.05, 0.1) is 17.3 Å². The fourth-order valence-electron chi connectivity index (χ4n) is 2.87. The van der Waals surface area contributed by atoms with Gasteiger partial charge < -0.3 is 14.1 Å². The fraction of sp³-hybridized carbons (Fsp3) is 0.105. The molecule has 0 radical (unpaired) electrons. The van der Waals surface area contributed by atoms with Crippen molar-refractivity contribution in [3.63, 3.8) is 0 Å². The molecule has 27 heavy (non-hydrogen) atoms. The molecule has 4 rings (SSSR count). The van der Waals surface area contributed by atoms with Gasteiger partial charge in [0.15, 0.2) is 0 Å². The zero-order valence-electron chi connectivity index (χ0n) is 14.2. The Balaban J connectivity index is 1.77. The number of benzene rings is 1. The lowest BCUT2D eigenvalue weighted by Gasteiger charge is -2.12. The van der Waals surface area contributed by atoms with E-state index < -0.39 is 17.9 Å². The molecule has 0 amide bonds. The number of halogens is 1. The number of rotatable bonds is 4. The average molecular weight is 367 g/mol. The largest absolute Gasteiger partial charge is 0.464 e. The first-order valence-corrected chi connectivity index (χ1v) is 8.09. The summed E-state index contributed by atoms with van der Waals surface area (Å²) < 4.78 is 24.8. The third-order valence-corrected chi connectivity index (χ3v) is 4.23. The number of nitrogens with zero attached hydrogens (tertiary/aromatic N) is 1. The first kappa shape index (κ1) is 16.8. The monoisotopic (exact) mass is 367 g/mol. The van der Waals surface area contributed by atoms with Crippen LogP contribution in [-0.4, -0.2) is 15.0 Å². The maximum absolute atomic E-state index is 13.7. The number of hydrogen-bond acceptors (Lipinski definition) is 5. The van der Waals surface area contributed by atoms with Crippen molar-refractivity contribution in [2.24, 2.45) is 0 Å².